The topological polar surface area (TPSA) is 86.0 Å². The van der Waals surface area contributed by atoms with Crippen molar-refractivity contribution in [3.8, 4) is 11.5 Å². The lowest BCUT2D eigenvalue weighted by molar-refractivity contribution is -0.137. The summed E-state index contributed by atoms with van der Waals surface area (Å²) in [6, 6.07) is 1.96. The minimum Gasteiger partial charge on any atom is -0.377 e. The number of carbonyl (C=O) groups is 1. The highest BCUT2D eigenvalue weighted by Gasteiger charge is 2.44. The molecule has 0 N–H and O–H groups in total. The summed E-state index contributed by atoms with van der Waals surface area (Å²) in [5.41, 5.74) is -0.829. The molecule has 2 aliphatic rings. The van der Waals surface area contributed by atoms with Gasteiger partial charge in [-0.05, 0) is 25.1 Å². The molecule has 3 aromatic rings. The van der Waals surface area contributed by atoms with E-state index in [1.165, 1.54) is 24.1 Å². The molecular weight excluding hydrogens is 432 g/mol. The molecule has 5 rings (SSSR count). The Kier molecular flexibility index (Phi) is 4.69. The SMILES string of the molecule is Cc1nccc(C(=O)N2[C@H]3COC[C@@H]2c2nnc(-c4cc(C(F)(F)F)ccn4)n2C3)c1F. The van der Waals surface area contributed by atoms with Gasteiger partial charge in [0.1, 0.15) is 11.7 Å². The fourth-order valence-corrected chi connectivity index (χ4v) is 4.10. The molecule has 1 amide bonds. The molecular formula is C20H16F4N6O2. The number of halogens is 4. The number of amides is 1. The normalized spacial score (nSPS) is 20.2. The maximum Gasteiger partial charge on any atom is 0.416 e. The number of alkyl halides is 3. The number of morpholine rings is 1. The Morgan fingerprint density at radius 1 is 1.16 bits per heavy atom. The van der Waals surface area contributed by atoms with Crippen LogP contribution in [0.3, 0.4) is 0 Å². The summed E-state index contributed by atoms with van der Waals surface area (Å²) < 4.78 is 61.2. The van der Waals surface area contributed by atoms with Crippen molar-refractivity contribution in [1.29, 1.82) is 0 Å². The molecule has 12 heteroatoms. The van der Waals surface area contributed by atoms with Crippen LogP contribution in [0.4, 0.5) is 17.6 Å². The lowest BCUT2D eigenvalue weighted by Crippen LogP contribution is -2.56. The van der Waals surface area contributed by atoms with Crippen molar-refractivity contribution in [3.05, 3.63) is 59.1 Å². The highest BCUT2D eigenvalue weighted by molar-refractivity contribution is 5.95. The number of carbonyl (C=O) groups excluding carboxylic acids is 1. The zero-order valence-corrected chi connectivity index (χ0v) is 16.7. The largest absolute Gasteiger partial charge is 0.416 e. The van der Waals surface area contributed by atoms with E-state index in [0.717, 1.165) is 18.3 Å². The fourth-order valence-electron chi connectivity index (χ4n) is 4.10. The zero-order valence-electron chi connectivity index (χ0n) is 16.7. The molecule has 2 atom stereocenters. The van der Waals surface area contributed by atoms with Gasteiger partial charge < -0.3 is 14.2 Å². The van der Waals surface area contributed by atoms with Crippen LogP contribution in [-0.2, 0) is 17.5 Å². The van der Waals surface area contributed by atoms with Crippen molar-refractivity contribution >= 4 is 5.91 Å². The molecule has 5 heterocycles. The predicted octanol–water partition coefficient (Wildman–Crippen LogP) is 2.80. The van der Waals surface area contributed by atoms with Crippen LogP contribution in [0, 0.1) is 12.7 Å². The third-order valence-corrected chi connectivity index (χ3v) is 5.63. The monoisotopic (exact) mass is 448 g/mol. The third kappa shape index (κ3) is 3.22. The average molecular weight is 448 g/mol. The van der Waals surface area contributed by atoms with Crippen molar-refractivity contribution in [3.63, 3.8) is 0 Å². The molecule has 2 aliphatic heterocycles. The van der Waals surface area contributed by atoms with E-state index < -0.39 is 35.5 Å². The van der Waals surface area contributed by atoms with Gasteiger partial charge in [0.05, 0.1) is 36.1 Å². The summed E-state index contributed by atoms with van der Waals surface area (Å²) in [6.07, 6.45) is -2.10. The Bertz CT molecular complexity index is 1210. The van der Waals surface area contributed by atoms with Gasteiger partial charge in [-0.3, -0.25) is 14.8 Å². The van der Waals surface area contributed by atoms with Crippen molar-refractivity contribution < 1.29 is 27.1 Å². The van der Waals surface area contributed by atoms with Crippen molar-refractivity contribution in [2.75, 3.05) is 13.2 Å². The second-order valence-electron chi connectivity index (χ2n) is 7.60. The quantitative estimate of drug-likeness (QED) is 0.561. The maximum atomic E-state index is 14.6. The van der Waals surface area contributed by atoms with Crippen LogP contribution in [0.1, 0.15) is 33.5 Å². The van der Waals surface area contributed by atoms with Gasteiger partial charge >= 0.3 is 6.18 Å². The Balaban J connectivity index is 1.54. The van der Waals surface area contributed by atoms with Gasteiger partial charge in [-0.2, -0.15) is 13.2 Å². The number of nitrogens with zero attached hydrogens (tertiary/aromatic N) is 6. The van der Waals surface area contributed by atoms with E-state index in [1.807, 2.05) is 0 Å². The van der Waals surface area contributed by atoms with Gasteiger partial charge in [0.25, 0.3) is 5.91 Å². The highest BCUT2D eigenvalue weighted by atomic mass is 19.4. The Morgan fingerprint density at radius 3 is 2.72 bits per heavy atom. The number of aromatic nitrogens is 5. The molecule has 0 aliphatic carbocycles. The Morgan fingerprint density at radius 2 is 1.94 bits per heavy atom. The second-order valence-corrected chi connectivity index (χ2v) is 7.60. The van der Waals surface area contributed by atoms with E-state index in [2.05, 4.69) is 20.2 Å². The predicted molar refractivity (Wildman–Crippen MR) is 101 cm³/mol. The van der Waals surface area contributed by atoms with Crippen LogP contribution >= 0.6 is 0 Å². The summed E-state index contributed by atoms with van der Waals surface area (Å²) in [5.74, 6) is -0.715. The molecule has 1 fully saturated rings. The van der Waals surface area contributed by atoms with E-state index in [-0.39, 0.29) is 42.5 Å². The van der Waals surface area contributed by atoms with Gasteiger partial charge in [-0.1, -0.05) is 0 Å². The minimum absolute atomic E-state index is 0.0214. The minimum atomic E-state index is -4.53. The first kappa shape index (κ1) is 20.5. The zero-order chi connectivity index (χ0) is 22.6. The van der Waals surface area contributed by atoms with Gasteiger partial charge in [0, 0.05) is 18.9 Å². The molecule has 0 radical (unpaired) electrons. The highest BCUT2D eigenvalue weighted by Crippen LogP contribution is 2.37. The van der Waals surface area contributed by atoms with Gasteiger partial charge in [-0.25, -0.2) is 4.39 Å². The molecule has 1 saturated heterocycles. The van der Waals surface area contributed by atoms with Crippen LogP contribution in [-0.4, -0.2) is 54.8 Å². The van der Waals surface area contributed by atoms with E-state index in [4.69, 9.17) is 4.74 Å². The first-order valence-electron chi connectivity index (χ1n) is 9.74. The van der Waals surface area contributed by atoms with Crippen molar-refractivity contribution in [2.24, 2.45) is 0 Å². The first-order chi connectivity index (χ1) is 15.3. The summed E-state index contributed by atoms with van der Waals surface area (Å²) in [6.45, 7) is 1.92. The number of hydrogen-bond donors (Lipinski definition) is 0. The number of pyridine rings is 2. The standard InChI is InChI=1S/C20H16F4N6O2/c1-10-16(21)13(3-5-25-10)19(31)30-12-7-29-17(27-28-18(29)15(30)9-32-8-12)14-6-11(2-4-26-14)20(22,23)24/h2-6,12,15H,7-9H2,1H3/t12-,15-/m1/s1. The molecule has 0 aromatic carbocycles. The first-order valence-corrected chi connectivity index (χ1v) is 9.74. The van der Waals surface area contributed by atoms with E-state index in [0.29, 0.717) is 5.82 Å². The number of rotatable bonds is 2. The summed E-state index contributed by atoms with van der Waals surface area (Å²) in [5, 5.41) is 8.18. The summed E-state index contributed by atoms with van der Waals surface area (Å²) in [7, 11) is 0. The van der Waals surface area contributed by atoms with Crippen molar-refractivity contribution in [1.82, 2.24) is 29.6 Å². The molecule has 0 saturated carbocycles. The summed E-state index contributed by atoms with van der Waals surface area (Å²) in [4.78, 5) is 22.6. The molecule has 2 bridgehead atoms. The molecule has 0 unspecified atom stereocenters. The Hall–Kier alpha value is -3.41. The fraction of sp³-hybridized carbons (Fsp3) is 0.350. The van der Waals surface area contributed by atoms with Crippen molar-refractivity contribution in [2.45, 2.75) is 31.7 Å². The summed E-state index contributed by atoms with van der Waals surface area (Å²) >= 11 is 0. The molecule has 8 nitrogen and oxygen atoms in total. The maximum absolute atomic E-state index is 14.6. The van der Waals surface area contributed by atoms with Crippen LogP contribution in [0.2, 0.25) is 0 Å². The molecule has 32 heavy (non-hydrogen) atoms. The van der Waals surface area contributed by atoms with E-state index >= 15 is 0 Å². The van der Waals surface area contributed by atoms with Crippen LogP contribution in [0.5, 0.6) is 0 Å². The third-order valence-electron chi connectivity index (χ3n) is 5.63. The van der Waals surface area contributed by atoms with Gasteiger partial charge in [0.2, 0.25) is 0 Å². The van der Waals surface area contributed by atoms with Gasteiger partial charge in [0.15, 0.2) is 17.5 Å². The molecule has 3 aromatic heterocycles. The number of hydrogen-bond acceptors (Lipinski definition) is 6. The average Bonchev–Trinajstić information content (AvgIpc) is 3.18. The lowest BCUT2D eigenvalue weighted by atomic mass is 10.0. The van der Waals surface area contributed by atoms with E-state index in [1.54, 1.807) is 4.57 Å². The number of aryl methyl sites for hydroxylation is 1. The van der Waals surface area contributed by atoms with Gasteiger partial charge in [-0.15, -0.1) is 10.2 Å². The molecule has 0 spiro atoms. The smallest absolute Gasteiger partial charge is 0.377 e. The molecule has 166 valence electrons. The lowest BCUT2D eigenvalue weighted by Gasteiger charge is -2.45. The second kappa shape index (κ2) is 7.33. The number of ether oxygens (including phenoxy) is 1. The van der Waals surface area contributed by atoms with Crippen LogP contribution in [0.25, 0.3) is 11.5 Å². The van der Waals surface area contributed by atoms with E-state index in [9.17, 15) is 22.4 Å². The van der Waals surface area contributed by atoms with Crippen LogP contribution < -0.4 is 0 Å². The Labute approximate surface area is 178 Å². The van der Waals surface area contributed by atoms with Crippen LogP contribution in [0.15, 0.2) is 30.6 Å². The number of fused-ring (bicyclic) bond motifs is 4.